The van der Waals surface area contributed by atoms with E-state index in [0.29, 0.717) is 24.5 Å². The van der Waals surface area contributed by atoms with Crippen molar-refractivity contribution in [2.24, 2.45) is 0 Å². The van der Waals surface area contributed by atoms with Crippen LogP contribution in [0.2, 0.25) is 0 Å². The number of hydrogen-bond donors (Lipinski definition) is 2. The summed E-state index contributed by atoms with van der Waals surface area (Å²) in [6.45, 7) is 1.43. The third-order valence-electron chi connectivity index (χ3n) is 6.41. The maximum atomic E-state index is 13.3. The zero-order valence-corrected chi connectivity index (χ0v) is 20.6. The van der Waals surface area contributed by atoms with E-state index in [0.717, 1.165) is 5.56 Å². The Morgan fingerprint density at radius 3 is 2.18 bits per heavy atom. The van der Waals surface area contributed by atoms with Crippen LogP contribution >= 0.6 is 0 Å². The van der Waals surface area contributed by atoms with Crippen molar-refractivity contribution in [1.29, 1.82) is 0 Å². The summed E-state index contributed by atoms with van der Waals surface area (Å²) in [5, 5.41) is 6.18. The predicted molar refractivity (Wildman–Crippen MR) is 126 cm³/mol. The number of rotatable bonds is 8. The molecule has 2 atom stereocenters. The lowest BCUT2D eigenvalue weighted by molar-refractivity contribution is -0.148. The van der Waals surface area contributed by atoms with Gasteiger partial charge >= 0.3 is 18.0 Å². The van der Waals surface area contributed by atoms with E-state index in [1.54, 1.807) is 28.9 Å². The molecule has 0 spiro atoms. The van der Waals surface area contributed by atoms with Gasteiger partial charge in [0.25, 0.3) is 0 Å². The lowest BCUT2D eigenvalue weighted by atomic mass is 9.93. The molecule has 0 bridgehead atoms. The maximum absolute atomic E-state index is 13.3. The quantitative estimate of drug-likeness (QED) is 0.407. The number of carbonyl (C=O) groups is 1. The first kappa shape index (κ1) is 28.4. The van der Waals surface area contributed by atoms with E-state index in [-0.39, 0.29) is 37.2 Å². The Bertz CT molecular complexity index is 1310. The van der Waals surface area contributed by atoms with Crippen LogP contribution in [0, 0.1) is 0 Å². The molecule has 4 rings (SSSR count). The minimum absolute atomic E-state index is 0.0125. The molecule has 0 aliphatic carbocycles. The van der Waals surface area contributed by atoms with Gasteiger partial charge in [-0.1, -0.05) is 30.3 Å². The van der Waals surface area contributed by atoms with Crippen LogP contribution in [0.25, 0.3) is 0 Å². The number of aromatic amines is 2. The molecule has 8 nitrogen and oxygen atoms in total. The van der Waals surface area contributed by atoms with Crippen LogP contribution in [0.1, 0.15) is 41.0 Å². The second-order valence-electron chi connectivity index (χ2n) is 9.06. The fourth-order valence-corrected chi connectivity index (χ4v) is 4.76. The molecular weight excluding hydrogens is 532 g/mol. The van der Waals surface area contributed by atoms with E-state index >= 15 is 0 Å². The first-order valence-corrected chi connectivity index (χ1v) is 11.9. The molecule has 0 saturated carbocycles. The summed E-state index contributed by atoms with van der Waals surface area (Å²) in [6.07, 6.45) is -9.95. The molecule has 1 aliphatic heterocycles. The van der Waals surface area contributed by atoms with Crippen LogP contribution in [-0.2, 0) is 35.0 Å². The molecule has 1 amide bonds. The molecule has 39 heavy (non-hydrogen) atoms. The van der Waals surface area contributed by atoms with Crippen LogP contribution in [0.15, 0.2) is 53.3 Å². The third kappa shape index (κ3) is 6.68. The fourth-order valence-electron chi connectivity index (χ4n) is 4.76. The molecule has 3 aromatic rings. The number of nitrogens with zero attached hydrogens (tertiary/aromatic N) is 3. The number of ether oxygens (including phenoxy) is 1. The lowest BCUT2D eigenvalue weighted by Gasteiger charge is -2.47. The van der Waals surface area contributed by atoms with Gasteiger partial charge in [-0.3, -0.25) is 14.7 Å². The molecule has 0 radical (unpaired) electrons. The molecule has 1 aromatic heterocycles. The van der Waals surface area contributed by atoms with Gasteiger partial charge in [-0.25, -0.2) is 9.89 Å². The van der Waals surface area contributed by atoms with E-state index in [1.165, 1.54) is 0 Å². The second-order valence-corrected chi connectivity index (χ2v) is 9.06. The van der Waals surface area contributed by atoms with Crippen LogP contribution in [0.5, 0.6) is 0 Å². The van der Waals surface area contributed by atoms with Gasteiger partial charge in [-0.2, -0.15) is 31.4 Å². The van der Waals surface area contributed by atoms with Crippen molar-refractivity contribution in [1.82, 2.24) is 25.0 Å². The molecule has 1 saturated heterocycles. The number of carbonyl (C=O) groups excluding carboxylic acids is 1. The summed E-state index contributed by atoms with van der Waals surface area (Å²) in [5.41, 5.74) is -2.88. The molecule has 210 valence electrons. The van der Waals surface area contributed by atoms with Crippen LogP contribution in [-0.4, -0.2) is 56.6 Å². The van der Waals surface area contributed by atoms with Crippen LogP contribution in [0.4, 0.5) is 26.3 Å². The fraction of sp³-hybridized carbons (Fsp3) is 0.400. The summed E-state index contributed by atoms with van der Waals surface area (Å²) in [7, 11) is 0. The van der Waals surface area contributed by atoms with Crippen molar-refractivity contribution in [3.8, 4) is 0 Å². The summed E-state index contributed by atoms with van der Waals surface area (Å²) in [4.78, 5) is 30.5. The van der Waals surface area contributed by atoms with Gasteiger partial charge in [-0.15, -0.1) is 0 Å². The normalized spacial score (nSPS) is 19.1. The maximum Gasteiger partial charge on any atom is 0.416 e. The highest BCUT2D eigenvalue weighted by molar-refractivity contribution is 5.79. The zero-order valence-electron chi connectivity index (χ0n) is 20.6. The van der Waals surface area contributed by atoms with Gasteiger partial charge in [0.15, 0.2) is 0 Å². The van der Waals surface area contributed by atoms with Crippen molar-refractivity contribution in [3.05, 3.63) is 87.1 Å². The van der Waals surface area contributed by atoms with Crippen molar-refractivity contribution in [2.45, 2.75) is 44.5 Å². The van der Waals surface area contributed by atoms with Crippen molar-refractivity contribution >= 4 is 5.91 Å². The average Bonchev–Trinajstić information content (AvgIpc) is 3.27. The summed E-state index contributed by atoms with van der Waals surface area (Å²) in [5.74, 6) is 0.0385. The lowest BCUT2D eigenvalue weighted by Crippen LogP contribution is -2.59. The van der Waals surface area contributed by atoms with Crippen LogP contribution < -0.4 is 5.69 Å². The minimum Gasteiger partial charge on any atom is -0.375 e. The van der Waals surface area contributed by atoms with Gasteiger partial charge in [0.2, 0.25) is 5.91 Å². The Hall–Kier alpha value is -3.65. The summed E-state index contributed by atoms with van der Waals surface area (Å²) < 4.78 is 85.3. The molecule has 2 N–H and O–H groups in total. The number of hydrogen-bond acceptors (Lipinski definition) is 5. The SMILES string of the molecule is CCN1C(=O)CN(Cc2n[nH]c(=O)[nH]2)[C@@H](c2ccccc2)[C@H]1COCc1cc(C(F)(F)F)cc(C(F)(F)F)c1. The number of halogens is 6. The number of nitrogens with one attached hydrogen (secondary N) is 2. The van der Waals surface area contributed by atoms with Gasteiger partial charge < -0.3 is 9.64 Å². The highest BCUT2D eigenvalue weighted by Crippen LogP contribution is 2.37. The second kappa shape index (κ2) is 11.2. The number of benzene rings is 2. The molecule has 1 aliphatic rings. The number of amides is 1. The monoisotopic (exact) mass is 557 g/mol. The Kier molecular flexibility index (Phi) is 8.16. The van der Waals surface area contributed by atoms with Crippen molar-refractivity contribution < 1.29 is 35.9 Å². The van der Waals surface area contributed by atoms with Crippen molar-refractivity contribution in [2.75, 3.05) is 19.7 Å². The smallest absolute Gasteiger partial charge is 0.375 e. The molecule has 14 heteroatoms. The summed E-state index contributed by atoms with van der Waals surface area (Å²) >= 11 is 0. The molecular formula is C25H25F6N5O3. The molecule has 2 heterocycles. The number of piperazine rings is 1. The number of alkyl halides is 6. The Labute approximate surface area is 218 Å². The number of aromatic nitrogens is 3. The number of likely N-dealkylation sites (N-methyl/N-ethyl adjacent to an activating group) is 1. The Morgan fingerprint density at radius 2 is 1.64 bits per heavy atom. The van der Waals surface area contributed by atoms with E-state index in [9.17, 15) is 35.9 Å². The van der Waals surface area contributed by atoms with E-state index in [2.05, 4.69) is 15.2 Å². The predicted octanol–water partition coefficient (Wildman–Crippen LogP) is 4.13. The highest BCUT2D eigenvalue weighted by Gasteiger charge is 2.41. The standard InChI is InChI=1S/C25H25F6N5O3/c1-2-36-19(14-39-13-15-8-17(24(26,27)28)10-18(9-15)25(29,30)31)22(16-6-4-3-5-7-16)35(12-21(36)37)11-20-32-23(38)34-33-20/h3-10,19,22H,2,11-14H2,1H3,(H2,32,33,34,38)/t19-,22+/m1/s1. The molecule has 2 aromatic carbocycles. The Balaban J connectivity index is 1.62. The van der Waals surface area contributed by atoms with Gasteiger partial charge in [0.05, 0.1) is 49.5 Å². The van der Waals surface area contributed by atoms with Gasteiger partial charge in [0, 0.05) is 6.54 Å². The third-order valence-corrected chi connectivity index (χ3v) is 6.41. The number of H-pyrrole nitrogens is 2. The van der Waals surface area contributed by atoms with Gasteiger partial charge in [-0.05, 0) is 36.2 Å². The largest absolute Gasteiger partial charge is 0.416 e. The van der Waals surface area contributed by atoms with E-state index < -0.39 is 47.9 Å². The summed E-state index contributed by atoms with van der Waals surface area (Å²) in [6, 6.07) is 9.27. The molecule has 1 fully saturated rings. The van der Waals surface area contributed by atoms with Crippen LogP contribution in [0.3, 0.4) is 0 Å². The first-order valence-electron chi connectivity index (χ1n) is 11.9. The topological polar surface area (TPSA) is 94.3 Å². The highest BCUT2D eigenvalue weighted by atomic mass is 19.4. The van der Waals surface area contributed by atoms with Crippen molar-refractivity contribution in [3.63, 3.8) is 0 Å². The van der Waals surface area contributed by atoms with E-state index in [1.807, 2.05) is 18.2 Å². The molecule has 0 unspecified atom stereocenters. The zero-order chi connectivity index (χ0) is 28.4. The first-order chi connectivity index (χ1) is 18.4. The van der Waals surface area contributed by atoms with Gasteiger partial charge in [0.1, 0.15) is 5.82 Å². The van der Waals surface area contributed by atoms with E-state index in [4.69, 9.17) is 4.74 Å². The Morgan fingerprint density at radius 1 is 1.00 bits per heavy atom. The minimum atomic E-state index is -4.98. The average molecular weight is 557 g/mol.